The minimum atomic E-state index is -4.69. The first kappa shape index (κ1) is 21.0. The lowest BCUT2D eigenvalue weighted by Crippen LogP contribution is -2.51. The lowest BCUT2D eigenvalue weighted by molar-refractivity contribution is -0.210. The van der Waals surface area contributed by atoms with Crippen LogP contribution in [0.15, 0.2) is 0 Å². The molecular weight excluding hydrogens is 329 g/mol. The highest BCUT2D eigenvalue weighted by atomic mass is 19.4. The van der Waals surface area contributed by atoms with Crippen molar-refractivity contribution in [2.45, 2.75) is 57.5 Å². The molecule has 9 heteroatoms. The van der Waals surface area contributed by atoms with Crippen molar-refractivity contribution in [2.75, 3.05) is 32.8 Å². The molecule has 1 heterocycles. The number of ether oxygens (including phenoxy) is 1. The molecule has 0 bridgehead atoms. The molecule has 1 aliphatic heterocycles. The summed E-state index contributed by atoms with van der Waals surface area (Å²) in [5.74, 6) is 0. The van der Waals surface area contributed by atoms with Crippen LogP contribution < -0.4 is 0 Å². The number of rotatable bonds is 5. The van der Waals surface area contributed by atoms with Crippen LogP contribution in [0.3, 0.4) is 0 Å². The first-order valence-corrected chi connectivity index (χ1v) is 8.01. The third-order valence-corrected chi connectivity index (χ3v) is 3.81. The highest BCUT2D eigenvalue weighted by molar-refractivity contribution is 5.68. The summed E-state index contributed by atoms with van der Waals surface area (Å²) in [5, 5.41) is 18.3. The summed E-state index contributed by atoms with van der Waals surface area (Å²) in [6.45, 7) is 5.19. The van der Waals surface area contributed by atoms with Gasteiger partial charge < -0.3 is 19.8 Å². The van der Waals surface area contributed by atoms with E-state index in [4.69, 9.17) is 9.84 Å². The molecule has 1 unspecified atom stereocenters. The summed E-state index contributed by atoms with van der Waals surface area (Å²) in [6, 6.07) is -0.229. The lowest BCUT2D eigenvalue weighted by Gasteiger charge is -2.39. The molecule has 0 radical (unpaired) electrons. The van der Waals surface area contributed by atoms with Crippen LogP contribution in [0.4, 0.5) is 18.0 Å². The average molecular weight is 356 g/mol. The van der Waals surface area contributed by atoms with E-state index < -0.39 is 30.5 Å². The van der Waals surface area contributed by atoms with Crippen LogP contribution >= 0.6 is 0 Å². The Morgan fingerprint density at radius 2 is 1.83 bits per heavy atom. The van der Waals surface area contributed by atoms with Gasteiger partial charge in [-0.25, -0.2) is 4.79 Å². The molecule has 1 atom stereocenters. The Balaban J connectivity index is 2.57. The van der Waals surface area contributed by atoms with Gasteiger partial charge in [-0.2, -0.15) is 13.2 Å². The molecule has 0 aromatic rings. The molecule has 1 aliphatic rings. The molecular formula is C15H27F3N2O4. The topological polar surface area (TPSA) is 73.2 Å². The fourth-order valence-corrected chi connectivity index (χ4v) is 2.62. The molecule has 1 fully saturated rings. The third-order valence-electron chi connectivity index (χ3n) is 3.81. The van der Waals surface area contributed by atoms with Gasteiger partial charge in [0.15, 0.2) is 6.10 Å². The number of aliphatic hydroxyl groups excluding tert-OH is 2. The van der Waals surface area contributed by atoms with Crippen molar-refractivity contribution in [2.24, 2.45) is 0 Å². The standard InChI is InChI=1S/C15H27F3N2O4/c1-14(2,3)24-13(23)19-6-4-11(5-7-19)20(8-9-21)10-12(22)15(16,17)18/h11-12,21-22H,4-10H2,1-3H3. The molecule has 2 N–H and O–H groups in total. The van der Waals surface area contributed by atoms with E-state index in [1.54, 1.807) is 20.8 Å². The summed E-state index contributed by atoms with van der Waals surface area (Å²) in [4.78, 5) is 14.9. The molecule has 1 rings (SSSR count). The second-order valence-electron chi connectivity index (χ2n) is 6.97. The van der Waals surface area contributed by atoms with Crippen molar-refractivity contribution in [3.8, 4) is 0 Å². The number of piperidine rings is 1. The Morgan fingerprint density at radius 1 is 1.29 bits per heavy atom. The van der Waals surface area contributed by atoms with Crippen LogP contribution in [-0.4, -0.2) is 82.8 Å². The first-order chi connectivity index (χ1) is 10.9. The van der Waals surface area contributed by atoms with Gasteiger partial charge in [0.25, 0.3) is 0 Å². The maximum Gasteiger partial charge on any atom is 0.415 e. The zero-order valence-corrected chi connectivity index (χ0v) is 14.3. The lowest BCUT2D eigenvalue weighted by atomic mass is 10.0. The van der Waals surface area contributed by atoms with E-state index in [2.05, 4.69) is 0 Å². The fourth-order valence-electron chi connectivity index (χ4n) is 2.62. The van der Waals surface area contributed by atoms with Crippen LogP contribution in [0.25, 0.3) is 0 Å². The SMILES string of the molecule is CC(C)(C)OC(=O)N1CCC(N(CCO)CC(O)C(F)(F)F)CC1. The number of hydrogen-bond donors (Lipinski definition) is 2. The van der Waals surface area contributed by atoms with Crippen molar-refractivity contribution in [3.05, 3.63) is 0 Å². The minimum Gasteiger partial charge on any atom is -0.444 e. The molecule has 0 saturated carbocycles. The molecule has 0 aliphatic carbocycles. The zero-order chi connectivity index (χ0) is 18.5. The molecule has 0 spiro atoms. The number of alkyl halides is 3. The van der Waals surface area contributed by atoms with E-state index in [0.717, 1.165) is 0 Å². The second kappa shape index (κ2) is 8.35. The van der Waals surface area contributed by atoms with Crippen molar-refractivity contribution in [3.63, 3.8) is 0 Å². The minimum absolute atomic E-state index is 0.0459. The Bertz CT molecular complexity index is 405. The Labute approximate surface area is 140 Å². The predicted molar refractivity (Wildman–Crippen MR) is 81.5 cm³/mol. The van der Waals surface area contributed by atoms with E-state index >= 15 is 0 Å². The van der Waals surface area contributed by atoms with Gasteiger partial charge >= 0.3 is 12.3 Å². The molecule has 1 amide bonds. The van der Waals surface area contributed by atoms with Gasteiger partial charge in [-0.3, -0.25) is 4.90 Å². The average Bonchev–Trinajstić information content (AvgIpc) is 2.44. The number of hydrogen-bond acceptors (Lipinski definition) is 5. The summed E-state index contributed by atoms with van der Waals surface area (Å²) in [5.41, 5.74) is -0.603. The molecule has 142 valence electrons. The van der Waals surface area contributed by atoms with E-state index in [1.165, 1.54) is 9.80 Å². The Morgan fingerprint density at radius 3 is 2.25 bits per heavy atom. The number of carbonyl (C=O) groups is 1. The van der Waals surface area contributed by atoms with Crippen LogP contribution in [0.5, 0.6) is 0 Å². The van der Waals surface area contributed by atoms with Crippen molar-refractivity contribution >= 4 is 6.09 Å². The zero-order valence-electron chi connectivity index (χ0n) is 14.3. The van der Waals surface area contributed by atoms with Crippen LogP contribution in [0.2, 0.25) is 0 Å². The number of likely N-dealkylation sites (tertiary alicyclic amines) is 1. The number of amides is 1. The molecule has 0 aromatic heterocycles. The van der Waals surface area contributed by atoms with Crippen LogP contribution in [0, 0.1) is 0 Å². The van der Waals surface area contributed by atoms with Gasteiger partial charge in [0.2, 0.25) is 0 Å². The summed E-state index contributed by atoms with van der Waals surface area (Å²) >= 11 is 0. The molecule has 0 aromatic carbocycles. The smallest absolute Gasteiger partial charge is 0.415 e. The number of carbonyl (C=O) groups excluding carboxylic acids is 1. The van der Waals surface area contributed by atoms with Crippen molar-refractivity contribution in [1.29, 1.82) is 0 Å². The highest BCUT2D eigenvalue weighted by Crippen LogP contribution is 2.24. The quantitative estimate of drug-likeness (QED) is 0.783. The molecule has 1 saturated heterocycles. The number of nitrogens with zero attached hydrogens (tertiary/aromatic N) is 2. The van der Waals surface area contributed by atoms with Crippen molar-refractivity contribution < 1.29 is 32.9 Å². The summed E-state index contributed by atoms with van der Waals surface area (Å²) < 4.78 is 42.9. The van der Waals surface area contributed by atoms with Gasteiger partial charge in [-0.15, -0.1) is 0 Å². The van der Waals surface area contributed by atoms with E-state index in [1.807, 2.05) is 0 Å². The molecule has 24 heavy (non-hydrogen) atoms. The fraction of sp³-hybridized carbons (Fsp3) is 0.933. The Hall–Kier alpha value is -1.06. The Kier molecular flexibility index (Phi) is 7.30. The van der Waals surface area contributed by atoms with E-state index in [9.17, 15) is 23.1 Å². The first-order valence-electron chi connectivity index (χ1n) is 8.01. The van der Waals surface area contributed by atoms with Gasteiger partial charge in [0.1, 0.15) is 5.60 Å². The maximum atomic E-state index is 12.5. The summed E-state index contributed by atoms with van der Waals surface area (Å²) in [7, 11) is 0. The maximum absolute atomic E-state index is 12.5. The van der Waals surface area contributed by atoms with Gasteiger partial charge in [-0.1, -0.05) is 0 Å². The van der Waals surface area contributed by atoms with Crippen LogP contribution in [-0.2, 0) is 4.74 Å². The summed E-state index contributed by atoms with van der Waals surface area (Å²) in [6.07, 6.45) is -6.66. The van der Waals surface area contributed by atoms with E-state index in [0.29, 0.717) is 25.9 Å². The van der Waals surface area contributed by atoms with Gasteiger partial charge in [-0.05, 0) is 33.6 Å². The van der Waals surface area contributed by atoms with Gasteiger partial charge in [0, 0.05) is 32.2 Å². The van der Waals surface area contributed by atoms with E-state index in [-0.39, 0.29) is 19.2 Å². The van der Waals surface area contributed by atoms with Crippen molar-refractivity contribution in [1.82, 2.24) is 9.80 Å². The number of aliphatic hydroxyl groups is 2. The normalized spacial score (nSPS) is 18.8. The third kappa shape index (κ3) is 6.82. The predicted octanol–water partition coefficient (Wildman–Crippen LogP) is 1.60. The molecule has 6 nitrogen and oxygen atoms in total. The largest absolute Gasteiger partial charge is 0.444 e. The number of halogens is 3. The highest BCUT2D eigenvalue weighted by Gasteiger charge is 2.40. The van der Waals surface area contributed by atoms with Gasteiger partial charge in [0.05, 0.1) is 6.61 Å². The second-order valence-corrected chi connectivity index (χ2v) is 6.97. The van der Waals surface area contributed by atoms with Crippen LogP contribution in [0.1, 0.15) is 33.6 Å². The monoisotopic (exact) mass is 356 g/mol.